The zero-order chi connectivity index (χ0) is 16.2. The molecular weight excluding hydrogens is 405 g/mol. The van der Waals surface area contributed by atoms with E-state index in [0.717, 1.165) is 37.8 Å². The Morgan fingerprint density at radius 1 is 1.17 bits per heavy atom. The number of benzene rings is 1. The van der Waals surface area contributed by atoms with Crippen LogP contribution in [0.5, 0.6) is 0 Å². The zero-order valence-electron chi connectivity index (χ0n) is 14.0. The molecule has 1 aromatic rings. The Balaban J connectivity index is 0.00000484. The lowest BCUT2D eigenvalue weighted by Crippen LogP contribution is -2.22. The van der Waals surface area contributed by atoms with Crippen LogP contribution >= 0.6 is 24.0 Å². The van der Waals surface area contributed by atoms with Crippen LogP contribution in [-0.2, 0) is 16.0 Å². The lowest BCUT2D eigenvalue weighted by molar-refractivity contribution is -0.140. The summed E-state index contributed by atoms with van der Waals surface area (Å²) in [5.41, 5.74) is 8.11. The number of guanidine groups is 1. The highest BCUT2D eigenvalue weighted by Crippen LogP contribution is 2.09. The number of carbonyl (C=O) groups is 1. The first-order valence-corrected chi connectivity index (χ1v) is 7.88. The van der Waals surface area contributed by atoms with E-state index in [0.29, 0.717) is 18.9 Å². The van der Waals surface area contributed by atoms with Crippen LogP contribution in [0.4, 0.5) is 5.69 Å². The fraction of sp³-hybridized carbons (Fsp3) is 0.529. The van der Waals surface area contributed by atoms with Crippen molar-refractivity contribution in [2.75, 3.05) is 19.0 Å². The number of ether oxygens (including phenoxy) is 1. The molecule has 0 aliphatic rings. The molecule has 130 valence electrons. The Kier molecular flexibility index (Phi) is 12.4. The van der Waals surface area contributed by atoms with Gasteiger partial charge in [-0.2, -0.15) is 0 Å². The lowest BCUT2D eigenvalue weighted by atomic mass is 10.1. The van der Waals surface area contributed by atoms with E-state index in [9.17, 15) is 4.79 Å². The molecule has 0 aliphatic carbocycles. The summed E-state index contributed by atoms with van der Waals surface area (Å²) in [7, 11) is 1.42. The van der Waals surface area contributed by atoms with Crippen LogP contribution in [0.2, 0.25) is 0 Å². The van der Waals surface area contributed by atoms with Crippen molar-refractivity contribution in [1.82, 2.24) is 0 Å². The van der Waals surface area contributed by atoms with Crippen LogP contribution in [0, 0.1) is 0 Å². The summed E-state index contributed by atoms with van der Waals surface area (Å²) in [5.74, 6) is 0.305. The van der Waals surface area contributed by atoms with E-state index in [4.69, 9.17) is 5.73 Å². The first kappa shape index (κ1) is 21.7. The highest BCUT2D eigenvalue weighted by atomic mass is 127. The maximum absolute atomic E-state index is 10.9. The molecule has 1 aromatic carbocycles. The first-order valence-electron chi connectivity index (χ1n) is 7.88. The van der Waals surface area contributed by atoms with Gasteiger partial charge < -0.3 is 15.8 Å². The summed E-state index contributed by atoms with van der Waals surface area (Å²) in [6, 6.07) is 8.18. The number of aryl methyl sites for hydroxylation is 1. The number of nitrogens with one attached hydrogen (secondary N) is 1. The summed E-state index contributed by atoms with van der Waals surface area (Å²) in [4.78, 5) is 15.2. The number of nitrogens with zero attached hydrogens (tertiary/aromatic N) is 1. The molecule has 0 amide bonds. The van der Waals surface area contributed by atoms with Crippen molar-refractivity contribution in [3.63, 3.8) is 0 Å². The van der Waals surface area contributed by atoms with Gasteiger partial charge in [0.15, 0.2) is 5.96 Å². The fourth-order valence-corrected chi connectivity index (χ4v) is 2.05. The highest BCUT2D eigenvalue weighted by Gasteiger charge is 1.99. The average molecular weight is 433 g/mol. The van der Waals surface area contributed by atoms with Gasteiger partial charge in [0, 0.05) is 18.7 Å². The second-order valence-electron chi connectivity index (χ2n) is 5.18. The minimum Gasteiger partial charge on any atom is -0.469 e. The van der Waals surface area contributed by atoms with Crippen molar-refractivity contribution in [2.24, 2.45) is 10.7 Å². The SMILES string of the molecule is CCc1ccc(NC(N)=NCCCCCCC(=O)OC)cc1.I. The first-order chi connectivity index (χ1) is 10.7. The molecule has 5 nitrogen and oxygen atoms in total. The Morgan fingerprint density at radius 2 is 1.83 bits per heavy atom. The molecule has 0 spiro atoms. The third-order valence-electron chi connectivity index (χ3n) is 3.43. The number of aliphatic imine (C=N–C) groups is 1. The number of unbranched alkanes of at least 4 members (excludes halogenated alkanes) is 3. The van der Waals surface area contributed by atoms with Gasteiger partial charge >= 0.3 is 5.97 Å². The summed E-state index contributed by atoms with van der Waals surface area (Å²) in [6.45, 7) is 2.83. The minimum atomic E-state index is -0.138. The molecule has 0 saturated heterocycles. The molecule has 6 heteroatoms. The molecule has 0 unspecified atom stereocenters. The quantitative estimate of drug-likeness (QED) is 0.205. The number of hydrogen-bond acceptors (Lipinski definition) is 3. The van der Waals surface area contributed by atoms with Gasteiger partial charge in [0.2, 0.25) is 0 Å². The molecule has 0 atom stereocenters. The van der Waals surface area contributed by atoms with Crippen LogP contribution < -0.4 is 11.1 Å². The van der Waals surface area contributed by atoms with Gasteiger partial charge in [-0.1, -0.05) is 31.9 Å². The molecule has 0 aliphatic heterocycles. The van der Waals surface area contributed by atoms with E-state index in [1.54, 1.807) is 0 Å². The molecule has 0 saturated carbocycles. The normalized spacial score (nSPS) is 10.8. The second kappa shape index (κ2) is 13.2. The zero-order valence-corrected chi connectivity index (χ0v) is 16.3. The van der Waals surface area contributed by atoms with Crippen molar-refractivity contribution in [3.8, 4) is 0 Å². The van der Waals surface area contributed by atoms with E-state index >= 15 is 0 Å². The third-order valence-corrected chi connectivity index (χ3v) is 3.43. The molecule has 0 aromatic heterocycles. The summed E-state index contributed by atoms with van der Waals surface area (Å²) in [6.07, 6.45) is 5.42. The van der Waals surface area contributed by atoms with E-state index in [1.165, 1.54) is 12.7 Å². The van der Waals surface area contributed by atoms with E-state index in [1.807, 2.05) is 12.1 Å². The van der Waals surface area contributed by atoms with Crippen LogP contribution in [0.15, 0.2) is 29.3 Å². The van der Waals surface area contributed by atoms with Gasteiger partial charge in [-0.3, -0.25) is 9.79 Å². The summed E-state index contributed by atoms with van der Waals surface area (Å²) in [5, 5.41) is 3.08. The molecule has 0 radical (unpaired) electrons. The smallest absolute Gasteiger partial charge is 0.305 e. The molecular formula is C17H28IN3O2. The summed E-state index contributed by atoms with van der Waals surface area (Å²) >= 11 is 0. The Hall–Kier alpha value is -1.31. The Labute approximate surface area is 156 Å². The lowest BCUT2D eigenvalue weighted by Gasteiger charge is -2.06. The van der Waals surface area contributed by atoms with Gasteiger partial charge in [0.05, 0.1) is 7.11 Å². The number of carbonyl (C=O) groups excluding carboxylic acids is 1. The van der Waals surface area contributed by atoms with Crippen LogP contribution in [0.1, 0.15) is 44.6 Å². The maximum atomic E-state index is 10.9. The van der Waals surface area contributed by atoms with Crippen molar-refractivity contribution in [1.29, 1.82) is 0 Å². The van der Waals surface area contributed by atoms with Crippen LogP contribution in [0.3, 0.4) is 0 Å². The second-order valence-corrected chi connectivity index (χ2v) is 5.18. The van der Waals surface area contributed by atoms with Crippen LogP contribution in [0.25, 0.3) is 0 Å². The molecule has 0 fully saturated rings. The average Bonchev–Trinajstić information content (AvgIpc) is 2.54. The van der Waals surface area contributed by atoms with Gasteiger partial charge in [-0.05, 0) is 37.0 Å². The Bertz CT molecular complexity index is 475. The van der Waals surface area contributed by atoms with Gasteiger partial charge in [-0.15, -0.1) is 24.0 Å². The molecule has 3 N–H and O–H groups in total. The van der Waals surface area contributed by atoms with E-state index in [-0.39, 0.29) is 29.9 Å². The largest absolute Gasteiger partial charge is 0.469 e. The monoisotopic (exact) mass is 433 g/mol. The topological polar surface area (TPSA) is 76.7 Å². The number of esters is 1. The van der Waals surface area contributed by atoms with Crippen molar-refractivity contribution in [2.45, 2.75) is 45.4 Å². The van der Waals surface area contributed by atoms with Crippen molar-refractivity contribution >= 4 is 41.6 Å². The predicted molar refractivity (Wildman–Crippen MR) is 106 cm³/mol. The highest BCUT2D eigenvalue weighted by molar-refractivity contribution is 14.0. The van der Waals surface area contributed by atoms with Crippen molar-refractivity contribution < 1.29 is 9.53 Å². The Morgan fingerprint density at radius 3 is 2.43 bits per heavy atom. The number of halogens is 1. The van der Waals surface area contributed by atoms with Gasteiger partial charge in [0.1, 0.15) is 0 Å². The fourth-order valence-electron chi connectivity index (χ4n) is 2.05. The standard InChI is InChI=1S/C17H27N3O2.HI/c1-3-14-9-11-15(12-10-14)20-17(18)19-13-7-5-4-6-8-16(21)22-2;/h9-12H,3-8,13H2,1-2H3,(H3,18,19,20);1H. The van der Waals surface area contributed by atoms with E-state index in [2.05, 4.69) is 34.1 Å². The van der Waals surface area contributed by atoms with Gasteiger partial charge in [0.25, 0.3) is 0 Å². The number of rotatable bonds is 9. The van der Waals surface area contributed by atoms with Crippen molar-refractivity contribution in [3.05, 3.63) is 29.8 Å². The van der Waals surface area contributed by atoms with E-state index < -0.39 is 0 Å². The van der Waals surface area contributed by atoms with Gasteiger partial charge in [-0.25, -0.2) is 0 Å². The number of anilines is 1. The molecule has 0 heterocycles. The molecule has 23 heavy (non-hydrogen) atoms. The third kappa shape index (κ3) is 10.1. The summed E-state index contributed by atoms with van der Waals surface area (Å²) < 4.78 is 4.59. The molecule has 0 bridgehead atoms. The number of nitrogens with two attached hydrogens (primary N) is 1. The minimum absolute atomic E-state index is 0. The number of methoxy groups -OCH3 is 1. The number of hydrogen-bond donors (Lipinski definition) is 2. The maximum Gasteiger partial charge on any atom is 0.305 e. The molecule has 1 rings (SSSR count). The predicted octanol–water partition coefficient (Wildman–Crippen LogP) is 3.72. The van der Waals surface area contributed by atoms with Crippen LogP contribution in [-0.4, -0.2) is 25.6 Å².